The topological polar surface area (TPSA) is 54.5 Å². The Morgan fingerprint density at radius 3 is 2.43 bits per heavy atom. The highest BCUT2D eigenvalue weighted by molar-refractivity contribution is 6.42. The predicted molar refractivity (Wildman–Crippen MR) is 79.0 cm³/mol. The molecule has 0 atom stereocenters. The zero-order valence-electron chi connectivity index (χ0n) is 11.1. The van der Waals surface area contributed by atoms with Gasteiger partial charge in [0.2, 0.25) is 0 Å². The molecule has 0 fully saturated rings. The predicted octanol–water partition coefficient (Wildman–Crippen LogP) is 3.34. The van der Waals surface area contributed by atoms with Crippen LogP contribution in [0.2, 0.25) is 5.02 Å². The maximum Gasteiger partial charge on any atom is 0.267 e. The average Bonchev–Trinajstić information content (AvgIpc) is 2.72. The summed E-state index contributed by atoms with van der Waals surface area (Å²) in [5, 5.41) is 0.246. The molecule has 3 rings (SSSR count). The minimum Gasteiger partial charge on any atom is -0.295 e. The highest BCUT2D eigenvalue weighted by atomic mass is 35.5. The molecule has 0 aromatic heterocycles. The van der Waals surface area contributed by atoms with E-state index in [4.69, 9.17) is 11.6 Å². The van der Waals surface area contributed by atoms with Crippen LogP contribution < -0.4 is 4.90 Å². The van der Waals surface area contributed by atoms with Crippen LogP contribution in [0.1, 0.15) is 38.0 Å². The van der Waals surface area contributed by atoms with Crippen molar-refractivity contribution >= 4 is 34.9 Å². The number of halogens is 1. The van der Waals surface area contributed by atoms with E-state index in [9.17, 15) is 14.4 Å². The highest BCUT2D eigenvalue weighted by Gasteiger charge is 2.38. The molecule has 0 saturated heterocycles. The van der Waals surface area contributed by atoms with Crippen LogP contribution in [0.3, 0.4) is 0 Å². The molecule has 0 unspecified atom stereocenters. The number of hydrogen-bond donors (Lipinski definition) is 0. The lowest BCUT2D eigenvalue weighted by Gasteiger charge is -2.14. The first kappa shape index (κ1) is 13.5. The molecule has 0 radical (unpaired) electrons. The minimum absolute atomic E-state index is 0.133. The van der Waals surface area contributed by atoms with Gasteiger partial charge in [0.05, 0.1) is 21.8 Å². The fraction of sp³-hybridized carbons (Fsp3) is 0.0625. The number of hydrogen-bond acceptors (Lipinski definition) is 3. The number of ketones is 1. The number of anilines is 1. The van der Waals surface area contributed by atoms with Crippen molar-refractivity contribution < 1.29 is 14.4 Å². The first-order chi connectivity index (χ1) is 10.0. The Kier molecular flexibility index (Phi) is 3.11. The molecule has 1 heterocycles. The third kappa shape index (κ3) is 2.04. The zero-order valence-corrected chi connectivity index (χ0v) is 11.8. The Balaban J connectivity index is 2.12. The van der Waals surface area contributed by atoms with Gasteiger partial charge in [0.15, 0.2) is 5.78 Å². The summed E-state index contributed by atoms with van der Waals surface area (Å²) in [6.07, 6.45) is 0. The summed E-state index contributed by atoms with van der Waals surface area (Å²) in [5.74, 6) is -1.04. The molecule has 2 aromatic carbocycles. The van der Waals surface area contributed by atoms with Gasteiger partial charge >= 0.3 is 0 Å². The Morgan fingerprint density at radius 2 is 1.76 bits per heavy atom. The van der Waals surface area contributed by atoms with E-state index in [-0.39, 0.29) is 21.9 Å². The van der Waals surface area contributed by atoms with Crippen molar-refractivity contribution in [3.05, 3.63) is 64.2 Å². The number of carbonyl (C=O) groups is 3. The summed E-state index contributed by atoms with van der Waals surface area (Å²) in [4.78, 5) is 37.3. The lowest BCUT2D eigenvalue weighted by atomic mass is 10.1. The van der Waals surface area contributed by atoms with E-state index in [1.165, 1.54) is 13.0 Å². The van der Waals surface area contributed by atoms with Gasteiger partial charge in [0.25, 0.3) is 11.8 Å². The molecule has 0 N–H and O–H groups in total. The second-order valence-corrected chi connectivity index (χ2v) is 5.12. The average molecular weight is 300 g/mol. The lowest BCUT2D eigenvalue weighted by Crippen LogP contribution is -2.29. The maximum absolute atomic E-state index is 12.4. The molecule has 1 aliphatic rings. The van der Waals surface area contributed by atoms with Crippen molar-refractivity contribution in [3.8, 4) is 0 Å². The van der Waals surface area contributed by atoms with Gasteiger partial charge in [0.1, 0.15) is 0 Å². The van der Waals surface area contributed by atoms with Gasteiger partial charge in [-0.2, -0.15) is 0 Å². The molecule has 0 aliphatic carbocycles. The van der Waals surface area contributed by atoms with Crippen molar-refractivity contribution in [2.75, 3.05) is 4.90 Å². The van der Waals surface area contributed by atoms with Gasteiger partial charge in [-0.25, -0.2) is 4.90 Å². The molecular weight excluding hydrogens is 290 g/mol. The third-order valence-corrected chi connectivity index (χ3v) is 3.69. The molecule has 4 nitrogen and oxygen atoms in total. The minimum atomic E-state index is -0.471. The van der Waals surface area contributed by atoms with E-state index in [2.05, 4.69) is 0 Å². The molecule has 2 amide bonds. The summed E-state index contributed by atoms with van der Waals surface area (Å²) in [6, 6.07) is 11.2. The number of nitrogens with zero attached hydrogens (tertiary/aromatic N) is 1. The molecule has 0 spiro atoms. The molecule has 5 heteroatoms. The molecular formula is C16H10ClNO3. The van der Waals surface area contributed by atoms with Crippen LogP contribution in [0.5, 0.6) is 0 Å². The van der Waals surface area contributed by atoms with E-state index in [1.54, 1.807) is 36.4 Å². The number of imide groups is 1. The molecule has 0 saturated carbocycles. The van der Waals surface area contributed by atoms with Crippen LogP contribution in [0.15, 0.2) is 42.5 Å². The molecule has 0 bridgehead atoms. The maximum atomic E-state index is 12.4. The fourth-order valence-electron chi connectivity index (χ4n) is 2.34. The van der Waals surface area contributed by atoms with Crippen LogP contribution >= 0.6 is 11.6 Å². The number of carbonyl (C=O) groups excluding carboxylic acids is 3. The van der Waals surface area contributed by atoms with E-state index >= 15 is 0 Å². The standard InChI is InChI=1S/C16H10ClNO3/c1-9(19)10-4-2-5-11(8-10)18-15(20)12-6-3-7-13(17)14(12)16(18)21/h2-8H,1H3. The molecule has 104 valence electrons. The number of benzene rings is 2. The normalized spacial score (nSPS) is 13.5. The summed E-state index contributed by atoms with van der Waals surface area (Å²) in [5.41, 5.74) is 1.29. The van der Waals surface area contributed by atoms with Gasteiger partial charge in [0, 0.05) is 5.56 Å². The fourth-order valence-corrected chi connectivity index (χ4v) is 2.60. The van der Waals surface area contributed by atoms with Crippen LogP contribution in [0, 0.1) is 0 Å². The van der Waals surface area contributed by atoms with Crippen LogP contribution in [0.25, 0.3) is 0 Å². The quantitative estimate of drug-likeness (QED) is 0.631. The van der Waals surface area contributed by atoms with Crippen LogP contribution in [0.4, 0.5) is 5.69 Å². The van der Waals surface area contributed by atoms with E-state index in [0.717, 1.165) is 4.90 Å². The lowest BCUT2D eigenvalue weighted by molar-refractivity contribution is 0.0923. The van der Waals surface area contributed by atoms with Gasteiger partial charge in [-0.15, -0.1) is 0 Å². The largest absolute Gasteiger partial charge is 0.295 e. The SMILES string of the molecule is CC(=O)c1cccc(N2C(=O)c3cccc(Cl)c3C2=O)c1. The van der Waals surface area contributed by atoms with Crippen molar-refractivity contribution in [2.45, 2.75) is 6.92 Å². The Morgan fingerprint density at radius 1 is 1.05 bits per heavy atom. The molecule has 1 aliphatic heterocycles. The molecule has 2 aromatic rings. The van der Waals surface area contributed by atoms with E-state index in [0.29, 0.717) is 11.3 Å². The van der Waals surface area contributed by atoms with Crippen molar-refractivity contribution in [1.82, 2.24) is 0 Å². The van der Waals surface area contributed by atoms with Crippen molar-refractivity contribution in [1.29, 1.82) is 0 Å². The summed E-state index contributed by atoms with van der Waals surface area (Å²) in [7, 11) is 0. The number of fused-ring (bicyclic) bond motifs is 1. The summed E-state index contributed by atoms with van der Waals surface area (Å²) < 4.78 is 0. The van der Waals surface area contributed by atoms with Crippen LogP contribution in [-0.4, -0.2) is 17.6 Å². The third-order valence-electron chi connectivity index (χ3n) is 3.37. The van der Waals surface area contributed by atoms with Crippen LogP contribution in [-0.2, 0) is 0 Å². The first-order valence-corrected chi connectivity index (χ1v) is 6.67. The Hall–Kier alpha value is -2.46. The van der Waals surface area contributed by atoms with Crippen molar-refractivity contribution in [3.63, 3.8) is 0 Å². The zero-order chi connectivity index (χ0) is 15.1. The van der Waals surface area contributed by atoms with Crippen molar-refractivity contribution in [2.24, 2.45) is 0 Å². The molecule has 21 heavy (non-hydrogen) atoms. The van der Waals surface area contributed by atoms with Gasteiger partial charge in [-0.1, -0.05) is 29.8 Å². The number of Topliss-reactive ketones (excluding diaryl/α,β-unsaturated/α-hetero) is 1. The smallest absolute Gasteiger partial charge is 0.267 e. The Bertz CT molecular complexity index is 798. The highest BCUT2D eigenvalue weighted by Crippen LogP contribution is 2.32. The number of rotatable bonds is 2. The van der Waals surface area contributed by atoms with E-state index < -0.39 is 11.8 Å². The number of amides is 2. The Labute approximate surface area is 125 Å². The van der Waals surface area contributed by atoms with E-state index in [1.807, 2.05) is 0 Å². The summed E-state index contributed by atoms with van der Waals surface area (Å²) in [6.45, 7) is 1.43. The second-order valence-electron chi connectivity index (χ2n) is 4.71. The summed E-state index contributed by atoms with van der Waals surface area (Å²) >= 11 is 6.01. The monoisotopic (exact) mass is 299 g/mol. The van der Waals surface area contributed by atoms with Gasteiger partial charge in [-0.3, -0.25) is 14.4 Å². The van der Waals surface area contributed by atoms with Gasteiger partial charge < -0.3 is 0 Å². The first-order valence-electron chi connectivity index (χ1n) is 6.29. The second kappa shape index (κ2) is 4.82. The van der Waals surface area contributed by atoms with Gasteiger partial charge in [-0.05, 0) is 31.2 Å².